The number of thiazole rings is 1. The Kier molecular flexibility index (Phi) is 5.48. The highest BCUT2D eigenvalue weighted by Gasteiger charge is 2.21. The van der Waals surface area contributed by atoms with E-state index >= 15 is 0 Å². The van der Waals surface area contributed by atoms with Gasteiger partial charge in [0, 0.05) is 18.5 Å². The van der Waals surface area contributed by atoms with Crippen LogP contribution >= 0.6 is 11.3 Å². The average Bonchev–Trinajstić information content (AvgIpc) is 3.09. The molecule has 0 radical (unpaired) electrons. The van der Waals surface area contributed by atoms with E-state index in [4.69, 9.17) is 9.47 Å². The van der Waals surface area contributed by atoms with Crippen molar-refractivity contribution in [3.05, 3.63) is 45.9 Å². The molecule has 0 N–H and O–H groups in total. The Bertz CT molecular complexity index is 693. The fourth-order valence-corrected chi connectivity index (χ4v) is 3.31. The zero-order valence-corrected chi connectivity index (χ0v) is 14.8. The molecule has 2 heterocycles. The maximum atomic E-state index is 12.4. The number of ether oxygens (including phenoxy) is 2. The molecule has 1 fully saturated rings. The molecular weight excluding hydrogens is 324 g/mol. The number of morpholine rings is 1. The van der Waals surface area contributed by atoms with E-state index in [0.717, 1.165) is 10.8 Å². The van der Waals surface area contributed by atoms with Gasteiger partial charge in [-0.15, -0.1) is 11.3 Å². The molecule has 6 heteroatoms. The van der Waals surface area contributed by atoms with E-state index in [1.54, 1.807) is 4.90 Å². The summed E-state index contributed by atoms with van der Waals surface area (Å²) in [7, 11) is 0. The summed E-state index contributed by atoms with van der Waals surface area (Å²) in [4.78, 5) is 18.6. The summed E-state index contributed by atoms with van der Waals surface area (Å²) < 4.78 is 11.2. The normalized spacial score (nSPS) is 14.9. The number of benzene rings is 1. The number of aromatic nitrogens is 1. The third-order valence-corrected chi connectivity index (χ3v) is 4.78. The van der Waals surface area contributed by atoms with Crippen molar-refractivity contribution in [2.45, 2.75) is 26.4 Å². The third kappa shape index (κ3) is 3.94. The van der Waals surface area contributed by atoms with Crippen molar-refractivity contribution >= 4 is 17.2 Å². The Morgan fingerprint density at radius 1 is 1.33 bits per heavy atom. The first-order chi connectivity index (χ1) is 11.6. The lowest BCUT2D eigenvalue weighted by atomic mass is 10.0. The van der Waals surface area contributed by atoms with Crippen molar-refractivity contribution in [3.63, 3.8) is 0 Å². The van der Waals surface area contributed by atoms with Crippen molar-refractivity contribution in [2.75, 3.05) is 26.3 Å². The smallest absolute Gasteiger partial charge is 0.273 e. The maximum absolute atomic E-state index is 12.4. The summed E-state index contributed by atoms with van der Waals surface area (Å²) in [6.45, 7) is 7.11. The molecule has 24 heavy (non-hydrogen) atoms. The molecule has 2 aromatic rings. The van der Waals surface area contributed by atoms with Gasteiger partial charge >= 0.3 is 0 Å². The van der Waals surface area contributed by atoms with Crippen LogP contribution in [0.15, 0.2) is 29.6 Å². The van der Waals surface area contributed by atoms with E-state index in [1.807, 2.05) is 23.6 Å². The number of para-hydroxylation sites is 1. The predicted octanol–water partition coefficient (Wildman–Crippen LogP) is 3.32. The van der Waals surface area contributed by atoms with Gasteiger partial charge in [-0.2, -0.15) is 0 Å². The Balaban J connectivity index is 1.63. The Morgan fingerprint density at radius 3 is 2.83 bits per heavy atom. The molecule has 0 spiro atoms. The van der Waals surface area contributed by atoms with Crippen molar-refractivity contribution in [1.29, 1.82) is 0 Å². The Labute approximate surface area is 146 Å². The van der Waals surface area contributed by atoms with Crippen LogP contribution in [0.1, 0.15) is 40.8 Å². The van der Waals surface area contributed by atoms with Gasteiger partial charge in [0.05, 0.1) is 13.2 Å². The summed E-state index contributed by atoms with van der Waals surface area (Å²) >= 11 is 1.46. The van der Waals surface area contributed by atoms with Crippen molar-refractivity contribution in [2.24, 2.45) is 0 Å². The van der Waals surface area contributed by atoms with Crippen LogP contribution < -0.4 is 4.74 Å². The minimum absolute atomic E-state index is 0.0246. The molecule has 0 aliphatic carbocycles. The molecule has 1 saturated heterocycles. The van der Waals surface area contributed by atoms with Crippen LogP contribution in [0, 0.1) is 0 Å². The molecule has 1 amide bonds. The van der Waals surface area contributed by atoms with Crippen LogP contribution in [0.25, 0.3) is 0 Å². The molecule has 3 rings (SSSR count). The second-order valence-electron chi connectivity index (χ2n) is 6.01. The number of carbonyl (C=O) groups is 1. The van der Waals surface area contributed by atoms with Crippen LogP contribution in [0.3, 0.4) is 0 Å². The summed E-state index contributed by atoms with van der Waals surface area (Å²) in [6, 6.07) is 8.04. The quantitative estimate of drug-likeness (QED) is 0.833. The van der Waals surface area contributed by atoms with Crippen LogP contribution in [0.2, 0.25) is 0 Å². The van der Waals surface area contributed by atoms with Gasteiger partial charge < -0.3 is 14.4 Å². The predicted molar refractivity (Wildman–Crippen MR) is 93.7 cm³/mol. The fourth-order valence-electron chi connectivity index (χ4n) is 2.63. The highest BCUT2D eigenvalue weighted by atomic mass is 32.1. The van der Waals surface area contributed by atoms with Crippen molar-refractivity contribution < 1.29 is 14.3 Å². The van der Waals surface area contributed by atoms with Crippen molar-refractivity contribution in [1.82, 2.24) is 9.88 Å². The second-order valence-corrected chi connectivity index (χ2v) is 6.95. The lowest BCUT2D eigenvalue weighted by Crippen LogP contribution is -2.40. The van der Waals surface area contributed by atoms with E-state index in [1.165, 1.54) is 16.9 Å². The minimum atomic E-state index is -0.0246. The lowest BCUT2D eigenvalue weighted by Gasteiger charge is -2.25. The number of rotatable bonds is 5. The standard InChI is InChI=1S/C18H22N2O3S/c1-13(2)14-5-3-4-6-16(14)23-11-17-19-15(12-24-17)18(21)20-7-9-22-10-8-20/h3-6,12-13H,7-11H2,1-2H3. The first kappa shape index (κ1) is 16.9. The van der Waals surface area contributed by atoms with Gasteiger partial charge in [0.15, 0.2) is 0 Å². The van der Waals surface area contributed by atoms with Gasteiger partial charge in [0.1, 0.15) is 23.1 Å². The molecule has 0 bridgehead atoms. The van der Waals surface area contributed by atoms with Gasteiger partial charge in [0.25, 0.3) is 5.91 Å². The number of carbonyl (C=O) groups excluding carboxylic acids is 1. The summed E-state index contributed by atoms with van der Waals surface area (Å²) in [5.74, 6) is 1.25. The summed E-state index contributed by atoms with van der Waals surface area (Å²) in [5.41, 5.74) is 1.68. The van der Waals surface area contributed by atoms with E-state index in [9.17, 15) is 4.79 Å². The number of nitrogens with zero attached hydrogens (tertiary/aromatic N) is 2. The lowest BCUT2D eigenvalue weighted by molar-refractivity contribution is 0.0299. The summed E-state index contributed by atoms with van der Waals surface area (Å²) in [5, 5.41) is 2.62. The molecule has 128 valence electrons. The van der Waals surface area contributed by atoms with Crippen LogP contribution in [0.5, 0.6) is 5.75 Å². The van der Waals surface area contributed by atoms with Crippen LogP contribution in [-0.2, 0) is 11.3 Å². The maximum Gasteiger partial charge on any atom is 0.273 e. The zero-order chi connectivity index (χ0) is 16.9. The largest absolute Gasteiger partial charge is 0.486 e. The first-order valence-corrected chi connectivity index (χ1v) is 9.06. The van der Waals surface area contributed by atoms with Crippen LogP contribution in [-0.4, -0.2) is 42.1 Å². The van der Waals surface area contributed by atoms with Gasteiger partial charge in [0.2, 0.25) is 0 Å². The van der Waals surface area contributed by atoms with Crippen molar-refractivity contribution in [3.8, 4) is 5.75 Å². The molecule has 0 saturated carbocycles. The second kappa shape index (κ2) is 7.77. The highest BCUT2D eigenvalue weighted by Crippen LogP contribution is 2.27. The van der Waals surface area contributed by atoms with Crippen LogP contribution in [0.4, 0.5) is 0 Å². The van der Waals surface area contributed by atoms with E-state index in [2.05, 4.69) is 24.9 Å². The number of amides is 1. The average molecular weight is 346 g/mol. The fraction of sp³-hybridized carbons (Fsp3) is 0.444. The monoisotopic (exact) mass is 346 g/mol. The zero-order valence-electron chi connectivity index (χ0n) is 14.0. The first-order valence-electron chi connectivity index (χ1n) is 8.18. The molecule has 1 aromatic carbocycles. The molecule has 5 nitrogen and oxygen atoms in total. The molecule has 1 aliphatic rings. The molecule has 0 unspecified atom stereocenters. The number of hydrogen-bond donors (Lipinski definition) is 0. The summed E-state index contributed by atoms with van der Waals surface area (Å²) in [6.07, 6.45) is 0. The Hall–Kier alpha value is -1.92. The topological polar surface area (TPSA) is 51.7 Å². The Morgan fingerprint density at radius 2 is 2.08 bits per heavy atom. The molecule has 1 aliphatic heterocycles. The van der Waals surface area contributed by atoms with Gasteiger partial charge in [-0.1, -0.05) is 32.0 Å². The molecular formula is C18H22N2O3S. The van der Waals surface area contributed by atoms with Gasteiger partial charge in [-0.05, 0) is 17.5 Å². The van der Waals surface area contributed by atoms with E-state index in [-0.39, 0.29) is 5.91 Å². The molecule has 0 atom stereocenters. The highest BCUT2D eigenvalue weighted by molar-refractivity contribution is 7.09. The van der Waals surface area contributed by atoms with Gasteiger partial charge in [-0.25, -0.2) is 4.98 Å². The van der Waals surface area contributed by atoms with E-state index < -0.39 is 0 Å². The third-order valence-electron chi connectivity index (χ3n) is 3.96. The number of hydrogen-bond acceptors (Lipinski definition) is 5. The molecule has 1 aromatic heterocycles. The van der Waals surface area contributed by atoms with Gasteiger partial charge in [-0.3, -0.25) is 4.79 Å². The minimum Gasteiger partial charge on any atom is -0.486 e. The SMILES string of the molecule is CC(C)c1ccccc1OCc1nc(C(=O)N2CCOCC2)cs1. The van der Waals surface area contributed by atoms with E-state index in [0.29, 0.717) is 44.5 Å².